The maximum Gasteiger partial charge on any atom is 0.275 e. The molecule has 0 saturated heterocycles. The normalized spacial score (nSPS) is 10.5. The number of rotatable bonds is 6. The lowest BCUT2D eigenvalue weighted by atomic mass is 10.2. The van der Waals surface area contributed by atoms with E-state index in [1.807, 2.05) is 31.2 Å². The molecule has 0 radical (unpaired) electrons. The molecule has 0 unspecified atom stereocenters. The van der Waals surface area contributed by atoms with Crippen molar-refractivity contribution in [1.29, 1.82) is 0 Å². The molecule has 1 N–H and O–H groups in total. The molecule has 0 aliphatic carbocycles. The third-order valence-electron chi connectivity index (χ3n) is 2.92. The minimum Gasteiger partial charge on any atom is -0.496 e. The van der Waals surface area contributed by atoms with Gasteiger partial charge in [0.25, 0.3) is 5.91 Å². The summed E-state index contributed by atoms with van der Waals surface area (Å²) in [6.07, 6.45) is 1.57. The van der Waals surface area contributed by atoms with Gasteiger partial charge in [0.05, 0.1) is 25.5 Å². The number of benzene rings is 2. The first-order chi connectivity index (χ1) is 10.7. The summed E-state index contributed by atoms with van der Waals surface area (Å²) in [6.45, 7) is 2.56. The quantitative estimate of drug-likeness (QED) is 0.659. The Hall–Kier alpha value is -2.82. The molecule has 0 bridgehead atoms. The molecule has 1 amide bonds. The largest absolute Gasteiger partial charge is 0.496 e. The van der Waals surface area contributed by atoms with Gasteiger partial charge >= 0.3 is 0 Å². The number of nitrogens with one attached hydrogen (secondary N) is 1. The highest BCUT2D eigenvalue weighted by Gasteiger charge is 2.09. The molecular weight excluding hydrogens is 280 g/mol. The van der Waals surface area contributed by atoms with E-state index < -0.39 is 0 Å². The number of carbonyl (C=O) groups is 1. The lowest BCUT2D eigenvalue weighted by molar-refractivity contribution is 0.0952. The summed E-state index contributed by atoms with van der Waals surface area (Å²) in [7, 11) is 1.52. The maximum atomic E-state index is 12.0. The summed E-state index contributed by atoms with van der Waals surface area (Å²) in [4.78, 5) is 12.0. The molecule has 5 heteroatoms. The van der Waals surface area contributed by atoms with E-state index in [9.17, 15) is 4.79 Å². The molecule has 0 aromatic heterocycles. The van der Waals surface area contributed by atoms with Crippen LogP contribution >= 0.6 is 0 Å². The van der Waals surface area contributed by atoms with Gasteiger partial charge in [-0.2, -0.15) is 5.10 Å². The van der Waals surface area contributed by atoms with Gasteiger partial charge in [0.1, 0.15) is 11.5 Å². The van der Waals surface area contributed by atoms with Crippen molar-refractivity contribution in [2.75, 3.05) is 13.7 Å². The van der Waals surface area contributed by atoms with Crippen LogP contribution in [0.4, 0.5) is 0 Å². The van der Waals surface area contributed by atoms with Crippen LogP contribution in [0.25, 0.3) is 0 Å². The fourth-order valence-corrected chi connectivity index (χ4v) is 1.87. The Labute approximate surface area is 129 Å². The Kier molecular flexibility index (Phi) is 5.54. The summed E-state index contributed by atoms with van der Waals surface area (Å²) in [5.74, 6) is 0.994. The van der Waals surface area contributed by atoms with Crippen molar-refractivity contribution in [2.24, 2.45) is 5.10 Å². The van der Waals surface area contributed by atoms with Gasteiger partial charge in [0.2, 0.25) is 0 Å². The standard InChI is InChI=1S/C17H18N2O3/c1-3-22-14-10-8-13(9-11-14)12-18-19-17(20)15-6-4-5-7-16(15)21-2/h4-12H,3H2,1-2H3,(H,19,20)/b18-12+. The highest BCUT2D eigenvalue weighted by molar-refractivity contribution is 5.97. The van der Waals surface area contributed by atoms with Crippen LogP contribution in [0.3, 0.4) is 0 Å². The van der Waals surface area contributed by atoms with Gasteiger partial charge in [-0.05, 0) is 48.9 Å². The predicted octanol–water partition coefficient (Wildman–Crippen LogP) is 2.86. The van der Waals surface area contributed by atoms with E-state index in [4.69, 9.17) is 9.47 Å². The molecule has 0 atom stereocenters. The molecule has 2 aromatic rings. The van der Waals surface area contributed by atoms with E-state index in [2.05, 4.69) is 10.5 Å². The number of ether oxygens (including phenoxy) is 2. The van der Waals surface area contributed by atoms with Crippen LogP contribution in [0, 0.1) is 0 Å². The minimum absolute atomic E-state index is 0.320. The van der Waals surface area contributed by atoms with Crippen molar-refractivity contribution in [2.45, 2.75) is 6.92 Å². The average molecular weight is 298 g/mol. The first kappa shape index (κ1) is 15.6. The van der Waals surface area contributed by atoms with Crippen molar-refractivity contribution < 1.29 is 14.3 Å². The van der Waals surface area contributed by atoms with Gasteiger partial charge in [-0.3, -0.25) is 4.79 Å². The Balaban J connectivity index is 1.98. The molecule has 2 aromatic carbocycles. The molecule has 5 nitrogen and oxygen atoms in total. The summed E-state index contributed by atoms with van der Waals surface area (Å²) >= 11 is 0. The van der Waals surface area contributed by atoms with E-state index in [0.29, 0.717) is 17.9 Å². The number of hydrogen-bond acceptors (Lipinski definition) is 4. The number of carbonyl (C=O) groups excluding carboxylic acids is 1. The lowest BCUT2D eigenvalue weighted by Crippen LogP contribution is -2.18. The monoisotopic (exact) mass is 298 g/mol. The predicted molar refractivity (Wildman–Crippen MR) is 85.7 cm³/mol. The first-order valence-electron chi connectivity index (χ1n) is 6.94. The highest BCUT2D eigenvalue weighted by atomic mass is 16.5. The minimum atomic E-state index is -0.320. The van der Waals surface area contributed by atoms with Crippen molar-refractivity contribution in [3.05, 3.63) is 59.7 Å². The molecule has 0 aliphatic rings. The van der Waals surface area contributed by atoms with E-state index in [1.54, 1.807) is 30.5 Å². The second-order valence-corrected chi connectivity index (χ2v) is 4.40. The average Bonchev–Trinajstić information content (AvgIpc) is 2.56. The Morgan fingerprint density at radius 1 is 1.18 bits per heavy atom. The van der Waals surface area contributed by atoms with Crippen LogP contribution in [0.1, 0.15) is 22.8 Å². The van der Waals surface area contributed by atoms with Crippen molar-refractivity contribution >= 4 is 12.1 Å². The number of nitrogens with zero attached hydrogens (tertiary/aromatic N) is 1. The highest BCUT2D eigenvalue weighted by Crippen LogP contribution is 2.16. The zero-order valence-corrected chi connectivity index (χ0v) is 12.6. The fourth-order valence-electron chi connectivity index (χ4n) is 1.87. The third-order valence-corrected chi connectivity index (χ3v) is 2.92. The van der Waals surface area contributed by atoms with E-state index >= 15 is 0 Å². The number of methoxy groups -OCH3 is 1. The van der Waals surface area contributed by atoms with E-state index in [1.165, 1.54) is 7.11 Å². The SMILES string of the molecule is CCOc1ccc(/C=N/NC(=O)c2ccccc2OC)cc1. The van der Waals surface area contributed by atoms with Crippen molar-refractivity contribution in [1.82, 2.24) is 5.43 Å². The van der Waals surface area contributed by atoms with Gasteiger partial charge in [0.15, 0.2) is 0 Å². The molecule has 0 heterocycles. The zero-order valence-electron chi connectivity index (χ0n) is 12.6. The molecule has 0 fully saturated rings. The summed E-state index contributed by atoms with van der Waals surface area (Å²) in [5, 5.41) is 3.95. The smallest absolute Gasteiger partial charge is 0.275 e. The first-order valence-corrected chi connectivity index (χ1v) is 6.94. The number of para-hydroxylation sites is 1. The Morgan fingerprint density at radius 3 is 2.59 bits per heavy atom. The van der Waals surface area contributed by atoms with Gasteiger partial charge in [0, 0.05) is 0 Å². The molecule has 114 valence electrons. The molecular formula is C17H18N2O3. The summed E-state index contributed by atoms with van der Waals surface area (Å²) < 4.78 is 10.5. The summed E-state index contributed by atoms with van der Waals surface area (Å²) in [5.41, 5.74) is 3.78. The lowest BCUT2D eigenvalue weighted by Gasteiger charge is -2.06. The van der Waals surface area contributed by atoms with Crippen LogP contribution in [0.5, 0.6) is 11.5 Å². The van der Waals surface area contributed by atoms with Gasteiger partial charge in [-0.15, -0.1) is 0 Å². The summed E-state index contributed by atoms with van der Waals surface area (Å²) in [6, 6.07) is 14.4. The van der Waals surface area contributed by atoms with Gasteiger partial charge in [-0.25, -0.2) is 5.43 Å². The van der Waals surface area contributed by atoms with Crippen molar-refractivity contribution in [3.63, 3.8) is 0 Å². The van der Waals surface area contributed by atoms with E-state index in [-0.39, 0.29) is 5.91 Å². The van der Waals surface area contributed by atoms with Gasteiger partial charge < -0.3 is 9.47 Å². The van der Waals surface area contributed by atoms with Crippen LogP contribution < -0.4 is 14.9 Å². The van der Waals surface area contributed by atoms with Crippen LogP contribution in [-0.2, 0) is 0 Å². The number of hydrazone groups is 1. The number of amides is 1. The molecule has 0 saturated carbocycles. The molecule has 0 aliphatic heterocycles. The zero-order chi connectivity index (χ0) is 15.8. The van der Waals surface area contributed by atoms with Crippen molar-refractivity contribution in [3.8, 4) is 11.5 Å². The molecule has 22 heavy (non-hydrogen) atoms. The van der Waals surface area contributed by atoms with Crippen LogP contribution in [0.15, 0.2) is 53.6 Å². The molecule has 0 spiro atoms. The van der Waals surface area contributed by atoms with Crippen LogP contribution in [-0.4, -0.2) is 25.8 Å². The molecule has 2 rings (SSSR count). The number of hydrogen-bond donors (Lipinski definition) is 1. The second-order valence-electron chi connectivity index (χ2n) is 4.40. The Bertz CT molecular complexity index is 651. The Morgan fingerprint density at radius 2 is 1.91 bits per heavy atom. The fraction of sp³-hybridized carbons (Fsp3) is 0.176. The second kappa shape index (κ2) is 7.83. The maximum absolute atomic E-state index is 12.0. The van der Waals surface area contributed by atoms with Gasteiger partial charge in [-0.1, -0.05) is 12.1 Å². The van der Waals surface area contributed by atoms with Crippen LogP contribution in [0.2, 0.25) is 0 Å². The topological polar surface area (TPSA) is 59.9 Å². The third kappa shape index (κ3) is 4.09. The van der Waals surface area contributed by atoms with E-state index in [0.717, 1.165) is 11.3 Å².